The summed E-state index contributed by atoms with van der Waals surface area (Å²) in [5.41, 5.74) is 0.881. The van der Waals surface area contributed by atoms with Crippen molar-refractivity contribution in [3.63, 3.8) is 0 Å². The lowest BCUT2D eigenvalue weighted by molar-refractivity contribution is 0.255. The molecule has 0 bridgehead atoms. The average Bonchev–Trinajstić information content (AvgIpc) is 3.11. The van der Waals surface area contributed by atoms with Crippen LogP contribution in [-0.2, 0) is 6.54 Å². The van der Waals surface area contributed by atoms with E-state index in [1.54, 1.807) is 13.1 Å². The summed E-state index contributed by atoms with van der Waals surface area (Å²) in [5, 5.41) is 3.36. The molecule has 1 atom stereocenters. The predicted octanol–water partition coefficient (Wildman–Crippen LogP) is 2.96. The summed E-state index contributed by atoms with van der Waals surface area (Å²) in [4.78, 5) is 9.19. The number of nitrogens with one attached hydrogen (secondary N) is 1. The summed E-state index contributed by atoms with van der Waals surface area (Å²) in [7, 11) is 1.80. The molecular weight excluding hydrogens is 331 g/mol. The van der Waals surface area contributed by atoms with Crippen LogP contribution in [0, 0.1) is 11.7 Å². The van der Waals surface area contributed by atoms with Gasteiger partial charge in [0.1, 0.15) is 0 Å². The van der Waals surface area contributed by atoms with Crippen LogP contribution >= 0.6 is 0 Å². The molecule has 1 heterocycles. The van der Waals surface area contributed by atoms with E-state index < -0.39 is 0 Å². The second-order valence-electron chi connectivity index (χ2n) is 6.69. The summed E-state index contributed by atoms with van der Waals surface area (Å²) < 4.78 is 19.2. The average molecular weight is 365 g/mol. The smallest absolute Gasteiger partial charge is 0.193 e. The summed E-state index contributed by atoms with van der Waals surface area (Å²) in [6.45, 7) is 12.7. The second-order valence-corrected chi connectivity index (χ2v) is 6.69. The molecule has 1 fully saturated rings. The highest BCUT2D eigenvalue weighted by atomic mass is 19.1. The molecule has 5 nitrogen and oxygen atoms in total. The number of hydrogen-bond acceptors (Lipinski definition) is 3. The summed E-state index contributed by atoms with van der Waals surface area (Å²) >= 11 is 0. The van der Waals surface area contributed by atoms with E-state index in [-0.39, 0.29) is 5.82 Å². The highest BCUT2D eigenvalue weighted by Gasteiger charge is 2.25. The molecule has 0 amide bonds. The van der Waals surface area contributed by atoms with Crippen molar-refractivity contribution in [2.24, 2.45) is 10.9 Å². The molecule has 0 spiro atoms. The molecular formula is C20H33FN4O. The highest BCUT2D eigenvalue weighted by molar-refractivity contribution is 5.80. The number of guanidine groups is 1. The number of aliphatic imine (C=N–C) groups is 1. The topological polar surface area (TPSA) is 40.1 Å². The summed E-state index contributed by atoms with van der Waals surface area (Å²) in [6.07, 6.45) is 1.19. The molecule has 0 aromatic heterocycles. The van der Waals surface area contributed by atoms with Gasteiger partial charge in [0.2, 0.25) is 0 Å². The Hall–Kier alpha value is -1.82. The van der Waals surface area contributed by atoms with Gasteiger partial charge in [0.25, 0.3) is 0 Å². The first-order chi connectivity index (χ1) is 12.6. The lowest BCUT2D eigenvalue weighted by Gasteiger charge is -2.24. The fourth-order valence-corrected chi connectivity index (χ4v) is 3.46. The minimum atomic E-state index is -0.318. The third kappa shape index (κ3) is 5.59. The minimum absolute atomic E-state index is 0.305. The first-order valence-corrected chi connectivity index (χ1v) is 9.70. The van der Waals surface area contributed by atoms with Crippen molar-refractivity contribution in [1.82, 2.24) is 15.1 Å². The van der Waals surface area contributed by atoms with Crippen LogP contribution < -0.4 is 10.1 Å². The molecule has 1 aromatic rings. The van der Waals surface area contributed by atoms with Gasteiger partial charge in [-0.25, -0.2) is 4.39 Å². The Morgan fingerprint density at radius 1 is 1.35 bits per heavy atom. The zero-order valence-electron chi connectivity index (χ0n) is 16.6. The molecule has 1 aliphatic rings. The van der Waals surface area contributed by atoms with Crippen LogP contribution in [0.5, 0.6) is 5.75 Å². The molecule has 0 radical (unpaired) electrons. The standard InChI is InChI=1S/C20H33FN4O/c1-5-24(6-2)14-17-10-11-25(15-17)20(22-4)23-13-16-8-9-19(26-7-3)18(21)12-16/h8-9,12,17H,5-7,10-11,13-15H2,1-4H3,(H,22,23). The molecule has 146 valence electrons. The lowest BCUT2D eigenvalue weighted by atomic mass is 10.1. The maximum absolute atomic E-state index is 14.0. The molecule has 1 unspecified atom stereocenters. The fourth-order valence-electron chi connectivity index (χ4n) is 3.46. The number of nitrogens with zero attached hydrogens (tertiary/aromatic N) is 3. The zero-order valence-corrected chi connectivity index (χ0v) is 16.6. The number of likely N-dealkylation sites (tertiary alicyclic amines) is 1. The van der Waals surface area contributed by atoms with E-state index in [1.165, 1.54) is 12.5 Å². The number of halogens is 1. The van der Waals surface area contributed by atoms with Crippen LogP contribution in [0.25, 0.3) is 0 Å². The maximum atomic E-state index is 14.0. The van der Waals surface area contributed by atoms with E-state index in [2.05, 4.69) is 34.0 Å². The van der Waals surface area contributed by atoms with Crippen molar-refractivity contribution in [2.75, 3.05) is 46.4 Å². The van der Waals surface area contributed by atoms with Crippen molar-refractivity contribution < 1.29 is 9.13 Å². The Kier molecular flexibility index (Phi) is 8.16. The van der Waals surface area contributed by atoms with Gasteiger partial charge in [0.05, 0.1) is 6.61 Å². The number of rotatable bonds is 8. The minimum Gasteiger partial charge on any atom is -0.491 e. The number of ether oxygens (including phenoxy) is 1. The first-order valence-electron chi connectivity index (χ1n) is 9.70. The normalized spacial score (nSPS) is 17.8. The molecule has 1 N–H and O–H groups in total. The molecule has 2 rings (SSSR count). The monoisotopic (exact) mass is 364 g/mol. The van der Waals surface area contributed by atoms with Gasteiger partial charge in [0.15, 0.2) is 17.5 Å². The molecule has 0 saturated carbocycles. The van der Waals surface area contributed by atoms with Gasteiger partial charge in [-0.05, 0) is 50.0 Å². The van der Waals surface area contributed by atoms with E-state index in [0.717, 1.165) is 44.2 Å². The Morgan fingerprint density at radius 3 is 2.73 bits per heavy atom. The van der Waals surface area contributed by atoms with E-state index in [0.29, 0.717) is 24.8 Å². The van der Waals surface area contributed by atoms with Crippen molar-refractivity contribution in [1.29, 1.82) is 0 Å². The van der Waals surface area contributed by atoms with Crippen LogP contribution in [-0.4, -0.2) is 62.1 Å². The molecule has 0 aliphatic carbocycles. The van der Waals surface area contributed by atoms with Crippen molar-refractivity contribution in [3.05, 3.63) is 29.6 Å². The number of benzene rings is 1. The fraction of sp³-hybridized carbons (Fsp3) is 0.650. The van der Waals surface area contributed by atoms with E-state index >= 15 is 0 Å². The zero-order chi connectivity index (χ0) is 18.9. The van der Waals surface area contributed by atoms with Gasteiger partial charge in [-0.3, -0.25) is 4.99 Å². The highest BCUT2D eigenvalue weighted by Crippen LogP contribution is 2.19. The summed E-state index contributed by atoms with van der Waals surface area (Å²) in [6, 6.07) is 5.11. The quantitative estimate of drug-likeness (QED) is 0.569. The third-order valence-corrected chi connectivity index (χ3v) is 4.95. The maximum Gasteiger partial charge on any atom is 0.193 e. The summed E-state index contributed by atoms with van der Waals surface area (Å²) in [5.74, 6) is 1.55. The van der Waals surface area contributed by atoms with Crippen LogP contribution in [0.1, 0.15) is 32.8 Å². The van der Waals surface area contributed by atoms with Gasteiger partial charge in [-0.2, -0.15) is 0 Å². The first kappa shape index (κ1) is 20.5. The van der Waals surface area contributed by atoms with E-state index in [9.17, 15) is 4.39 Å². The Bertz CT molecular complexity index is 589. The van der Waals surface area contributed by atoms with Gasteiger partial charge in [0, 0.05) is 33.2 Å². The van der Waals surface area contributed by atoms with Crippen LogP contribution in [0.3, 0.4) is 0 Å². The van der Waals surface area contributed by atoms with Crippen LogP contribution in [0.4, 0.5) is 4.39 Å². The predicted molar refractivity (Wildman–Crippen MR) is 105 cm³/mol. The molecule has 1 aromatic carbocycles. The van der Waals surface area contributed by atoms with Crippen LogP contribution in [0.15, 0.2) is 23.2 Å². The Morgan fingerprint density at radius 2 is 2.12 bits per heavy atom. The van der Waals surface area contributed by atoms with E-state index in [4.69, 9.17) is 4.74 Å². The van der Waals surface area contributed by atoms with Gasteiger partial charge < -0.3 is 19.9 Å². The SMILES string of the molecule is CCOc1ccc(CNC(=NC)N2CCC(CN(CC)CC)C2)cc1F. The van der Waals surface area contributed by atoms with Crippen molar-refractivity contribution >= 4 is 5.96 Å². The van der Waals surface area contributed by atoms with Gasteiger partial charge in [-0.15, -0.1) is 0 Å². The molecule has 6 heteroatoms. The largest absolute Gasteiger partial charge is 0.491 e. The third-order valence-electron chi connectivity index (χ3n) is 4.95. The van der Waals surface area contributed by atoms with Crippen molar-refractivity contribution in [3.8, 4) is 5.75 Å². The van der Waals surface area contributed by atoms with E-state index in [1.807, 2.05) is 13.0 Å². The molecule has 1 aliphatic heterocycles. The number of hydrogen-bond donors (Lipinski definition) is 1. The lowest BCUT2D eigenvalue weighted by Crippen LogP contribution is -2.40. The second kappa shape index (κ2) is 10.4. The Labute approximate surface area is 157 Å². The molecule has 1 saturated heterocycles. The van der Waals surface area contributed by atoms with Crippen LogP contribution in [0.2, 0.25) is 0 Å². The van der Waals surface area contributed by atoms with Gasteiger partial charge >= 0.3 is 0 Å². The Balaban J connectivity index is 1.87. The van der Waals surface area contributed by atoms with Crippen molar-refractivity contribution in [2.45, 2.75) is 33.7 Å². The molecule has 26 heavy (non-hydrogen) atoms. The van der Waals surface area contributed by atoms with Gasteiger partial charge in [-0.1, -0.05) is 19.9 Å².